The van der Waals surface area contributed by atoms with Crippen LogP contribution in [0.1, 0.15) is 24.3 Å². The van der Waals surface area contributed by atoms with Crippen LogP contribution in [0.25, 0.3) is 10.2 Å². The molecule has 0 bridgehead atoms. The number of anilines is 1. The molecule has 2 aromatic heterocycles. The highest BCUT2D eigenvalue weighted by atomic mass is 35.5. The van der Waals surface area contributed by atoms with E-state index in [1.807, 2.05) is 23.1 Å². The zero-order valence-corrected chi connectivity index (χ0v) is 19.5. The van der Waals surface area contributed by atoms with Gasteiger partial charge in [0.1, 0.15) is 0 Å². The van der Waals surface area contributed by atoms with Crippen molar-refractivity contribution < 1.29 is 4.79 Å². The van der Waals surface area contributed by atoms with E-state index in [-0.39, 0.29) is 18.3 Å². The largest absolute Gasteiger partial charge is 0.302 e. The summed E-state index contributed by atoms with van der Waals surface area (Å²) in [5.41, 5.74) is 2.15. The predicted octanol–water partition coefficient (Wildman–Crippen LogP) is 5.66. The monoisotopic (exact) mass is 457 g/mol. The Morgan fingerprint density at radius 3 is 2.50 bits per heavy atom. The predicted molar refractivity (Wildman–Crippen MR) is 125 cm³/mol. The number of likely N-dealkylation sites (N-methyl/N-ethyl adjacent to an activating group) is 1. The first-order valence-corrected chi connectivity index (χ1v) is 11.1. The fourth-order valence-electron chi connectivity index (χ4n) is 2.93. The minimum Gasteiger partial charge on any atom is -0.302 e. The van der Waals surface area contributed by atoms with Crippen LogP contribution in [0.5, 0.6) is 0 Å². The summed E-state index contributed by atoms with van der Waals surface area (Å²) >= 11 is 9.07. The van der Waals surface area contributed by atoms with Crippen molar-refractivity contribution in [3.05, 3.63) is 45.1 Å². The summed E-state index contributed by atoms with van der Waals surface area (Å²) in [5.74, 6) is 0.0662. The van der Waals surface area contributed by atoms with Gasteiger partial charge in [-0.15, -0.1) is 23.7 Å². The van der Waals surface area contributed by atoms with Crippen molar-refractivity contribution in [2.75, 3.05) is 31.1 Å². The molecule has 0 spiro atoms. The van der Waals surface area contributed by atoms with Crippen LogP contribution in [-0.2, 0) is 11.2 Å². The van der Waals surface area contributed by atoms with E-state index in [0.717, 1.165) is 39.9 Å². The van der Waals surface area contributed by atoms with E-state index in [0.29, 0.717) is 17.3 Å². The van der Waals surface area contributed by atoms with Crippen LogP contribution in [0.4, 0.5) is 5.13 Å². The maximum Gasteiger partial charge on any atom is 0.234 e. The van der Waals surface area contributed by atoms with E-state index in [1.54, 1.807) is 11.3 Å². The molecule has 1 aromatic carbocycles. The number of carbonyl (C=O) groups is 1. The number of hydrogen-bond acceptors (Lipinski definition) is 5. The molecule has 0 fully saturated rings. The average Bonchev–Trinajstić information content (AvgIpc) is 3.24. The van der Waals surface area contributed by atoms with Gasteiger partial charge in [-0.05, 0) is 49.8 Å². The molecule has 1 amide bonds. The molecule has 8 heteroatoms. The third kappa shape index (κ3) is 5.67. The SMILES string of the molecule is CCN(CC)CCN(C(=O)Cc1ccc(Cl)s1)c1nc2ccc(C)cc2s1.Cl. The molecule has 0 unspecified atom stereocenters. The summed E-state index contributed by atoms with van der Waals surface area (Å²) in [6.07, 6.45) is 0.352. The molecule has 2 heterocycles. The van der Waals surface area contributed by atoms with E-state index in [2.05, 4.69) is 37.8 Å². The number of benzene rings is 1. The van der Waals surface area contributed by atoms with Gasteiger partial charge >= 0.3 is 0 Å². The second kappa shape index (κ2) is 10.6. The van der Waals surface area contributed by atoms with E-state index in [1.165, 1.54) is 16.9 Å². The number of aryl methyl sites for hydroxylation is 1. The van der Waals surface area contributed by atoms with E-state index >= 15 is 0 Å². The van der Waals surface area contributed by atoms with Crippen LogP contribution < -0.4 is 4.90 Å². The second-order valence-corrected chi connectivity index (χ2v) is 9.23. The minimum atomic E-state index is 0. The summed E-state index contributed by atoms with van der Waals surface area (Å²) in [6.45, 7) is 9.77. The van der Waals surface area contributed by atoms with Gasteiger partial charge in [0.05, 0.1) is 21.0 Å². The molecule has 3 rings (SSSR count). The summed E-state index contributed by atoms with van der Waals surface area (Å²) in [6, 6.07) is 9.98. The van der Waals surface area contributed by atoms with Crippen LogP contribution in [0, 0.1) is 6.92 Å². The first-order chi connectivity index (χ1) is 13.0. The normalized spacial score (nSPS) is 11.0. The Balaban J connectivity index is 0.00000280. The van der Waals surface area contributed by atoms with Crippen LogP contribution in [0.15, 0.2) is 30.3 Å². The van der Waals surface area contributed by atoms with Crippen molar-refractivity contribution in [2.45, 2.75) is 27.2 Å². The Labute approximate surface area is 185 Å². The number of nitrogens with zero attached hydrogens (tertiary/aromatic N) is 3. The third-order valence-corrected chi connectivity index (χ3v) is 6.83. The first-order valence-electron chi connectivity index (χ1n) is 9.14. The number of thiophene rings is 1. The molecule has 0 N–H and O–H groups in total. The topological polar surface area (TPSA) is 36.4 Å². The lowest BCUT2D eigenvalue weighted by atomic mass is 10.2. The van der Waals surface area contributed by atoms with Crippen molar-refractivity contribution in [1.29, 1.82) is 0 Å². The van der Waals surface area contributed by atoms with Gasteiger partial charge in [-0.1, -0.05) is 42.9 Å². The Kier molecular flexibility index (Phi) is 8.71. The van der Waals surface area contributed by atoms with E-state index in [9.17, 15) is 4.79 Å². The number of thiazole rings is 1. The van der Waals surface area contributed by atoms with Crippen LogP contribution >= 0.6 is 46.7 Å². The van der Waals surface area contributed by atoms with Gasteiger partial charge in [-0.3, -0.25) is 9.69 Å². The molecule has 0 aliphatic heterocycles. The molecule has 4 nitrogen and oxygen atoms in total. The number of fused-ring (bicyclic) bond motifs is 1. The second-order valence-electron chi connectivity index (χ2n) is 6.42. The molecule has 0 radical (unpaired) electrons. The Bertz CT molecular complexity index is 921. The van der Waals surface area contributed by atoms with Crippen molar-refractivity contribution in [3.63, 3.8) is 0 Å². The summed E-state index contributed by atoms with van der Waals surface area (Å²) in [5, 5.41) is 0.774. The average molecular weight is 458 g/mol. The van der Waals surface area contributed by atoms with Gasteiger partial charge in [0, 0.05) is 18.0 Å². The van der Waals surface area contributed by atoms with E-state index < -0.39 is 0 Å². The van der Waals surface area contributed by atoms with Gasteiger partial charge in [0.15, 0.2) is 5.13 Å². The summed E-state index contributed by atoms with van der Waals surface area (Å²) in [7, 11) is 0. The zero-order valence-electron chi connectivity index (χ0n) is 16.3. The lowest BCUT2D eigenvalue weighted by molar-refractivity contribution is -0.118. The van der Waals surface area contributed by atoms with Crippen molar-refractivity contribution in [1.82, 2.24) is 9.88 Å². The lowest BCUT2D eigenvalue weighted by Crippen LogP contribution is -2.39. The van der Waals surface area contributed by atoms with E-state index in [4.69, 9.17) is 16.6 Å². The molecule has 3 aromatic rings. The third-order valence-electron chi connectivity index (χ3n) is 4.55. The van der Waals surface area contributed by atoms with Gasteiger partial charge < -0.3 is 4.90 Å². The molecule has 0 saturated carbocycles. The van der Waals surface area contributed by atoms with Gasteiger partial charge in [0.2, 0.25) is 5.91 Å². The number of amides is 1. The maximum absolute atomic E-state index is 13.1. The molecule has 0 atom stereocenters. The van der Waals surface area contributed by atoms with Gasteiger partial charge in [-0.25, -0.2) is 4.98 Å². The van der Waals surface area contributed by atoms with Gasteiger partial charge in [0.25, 0.3) is 0 Å². The molecular weight excluding hydrogens is 433 g/mol. The molecule has 28 heavy (non-hydrogen) atoms. The lowest BCUT2D eigenvalue weighted by Gasteiger charge is -2.24. The number of halogens is 2. The minimum absolute atomic E-state index is 0. The quantitative estimate of drug-likeness (QED) is 0.437. The molecule has 152 valence electrons. The van der Waals surface area contributed by atoms with Crippen molar-refractivity contribution >= 4 is 67.9 Å². The summed E-state index contributed by atoms with van der Waals surface area (Å²) < 4.78 is 1.83. The first kappa shape index (κ1) is 23.1. The smallest absolute Gasteiger partial charge is 0.234 e. The molecular formula is C20H25Cl2N3OS2. The Hall–Kier alpha value is -1.18. The Morgan fingerprint density at radius 1 is 1.11 bits per heavy atom. The standard InChI is InChI=1S/C20H24ClN3OS2.ClH/c1-4-23(5-2)10-11-24(19(25)13-15-7-9-18(21)26-15)20-22-16-8-6-14(3)12-17(16)27-20;/h6-9,12H,4-5,10-11,13H2,1-3H3;1H. The number of aromatic nitrogens is 1. The maximum atomic E-state index is 13.1. The fraction of sp³-hybridized carbons (Fsp3) is 0.400. The summed E-state index contributed by atoms with van der Waals surface area (Å²) in [4.78, 5) is 23.0. The zero-order chi connectivity index (χ0) is 19.4. The van der Waals surface area contributed by atoms with Crippen LogP contribution in [-0.4, -0.2) is 42.0 Å². The molecule has 0 saturated heterocycles. The number of hydrogen-bond donors (Lipinski definition) is 0. The number of carbonyl (C=O) groups excluding carboxylic acids is 1. The van der Waals surface area contributed by atoms with Crippen LogP contribution in [0.2, 0.25) is 4.34 Å². The number of rotatable bonds is 8. The van der Waals surface area contributed by atoms with Gasteiger partial charge in [-0.2, -0.15) is 0 Å². The van der Waals surface area contributed by atoms with Crippen molar-refractivity contribution in [3.8, 4) is 0 Å². The van der Waals surface area contributed by atoms with Crippen LogP contribution in [0.3, 0.4) is 0 Å². The van der Waals surface area contributed by atoms with Crippen molar-refractivity contribution in [2.24, 2.45) is 0 Å². The highest BCUT2D eigenvalue weighted by Gasteiger charge is 2.21. The highest BCUT2D eigenvalue weighted by molar-refractivity contribution is 7.22. The Morgan fingerprint density at radius 2 is 1.86 bits per heavy atom. The fourth-order valence-corrected chi connectivity index (χ4v) is 5.12. The highest BCUT2D eigenvalue weighted by Crippen LogP contribution is 2.30. The molecule has 0 aliphatic rings. The molecule has 0 aliphatic carbocycles.